The van der Waals surface area contributed by atoms with Crippen LogP contribution in [0.3, 0.4) is 0 Å². The quantitative estimate of drug-likeness (QED) is 0.605. The molecule has 3 nitrogen and oxygen atoms in total. The molecule has 2 aliphatic rings. The number of hydrogen-bond donors (Lipinski definition) is 1. The van der Waals surface area contributed by atoms with Crippen LogP contribution >= 0.6 is 0 Å². The molecule has 2 rings (SSSR count). The summed E-state index contributed by atoms with van der Waals surface area (Å²) in [5.74, 6) is 1.17. The molecule has 3 atom stereocenters. The highest BCUT2D eigenvalue weighted by Gasteiger charge is 2.52. The van der Waals surface area contributed by atoms with Gasteiger partial charge in [0.2, 0.25) is 0 Å². The molecule has 2 aliphatic carbocycles. The van der Waals surface area contributed by atoms with E-state index in [0.717, 1.165) is 12.0 Å². The molecule has 0 bridgehead atoms. The van der Waals surface area contributed by atoms with Crippen molar-refractivity contribution >= 4 is 5.97 Å². The Morgan fingerprint density at radius 2 is 2.58 bits per heavy atom. The van der Waals surface area contributed by atoms with Crippen LogP contribution in [0, 0.1) is 17.8 Å². The predicted octanol–water partition coefficient (Wildman–Crippen LogP) is 0.344. The van der Waals surface area contributed by atoms with Gasteiger partial charge in [0.1, 0.15) is 0 Å². The lowest BCUT2D eigenvalue weighted by atomic mass is 10.1. The monoisotopic (exact) mass is 168 g/mol. The minimum atomic E-state index is -0.209. The highest BCUT2D eigenvalue weighted by Crippen LogP contribution is 2.55. The number of ether oxygens (including phenoxy) is 1. The fourth-order valence-electron chi connectivity index (χ4n) is 2.10. The maximum absolute atomic E-state index is 11.0. The smallest absolute Gasteiger partial charge is 0.333 e. The lowest BCUT2D eigenvalue weighted by molar-refractivity contribution is -0.136. The summed E-state index contributed by atoms with van der Waals surface area (Å²) in [5.41, 5.74) is 0.789. The number of rotatable bonds is 2. The highest BCUT2D eigenvalue weighted by molar-refractivity contribution is 5.89. The molecule has 0 heterocycles. The molecule has 0 radical (unpaired) electrons. The molecule has 0 unspecified atom stereocenters. The number of aliphatic hydroxyl groups is 1. The van der Waals surface area contributed by atoms with E-state index in [0.29, 0.717) is 17.8 Å². The lowest BCUT2D eigenvalue weighted by Crippen LogP contribution is -2.05. The van der Waals surface area contributed by atoms with Gasteiger partial charge < -0.3 is 9.84 Å². The molecule has 0 spiro atoms. The number of fused-ring (bicyclic) bond motifs is 1. The molecule has 0 saturated heterocycles. The van der Waals surface area contributed by atoms with Crippen LogP contribution in [0.4, 0.5) is 0 Å². The van der Waals surface area contributed by atoms with Gasteiger partial charge in [0.05, 0.1) is 7.11 Å². The van der Waals surface area contributed by atoms with Gasteiger partial charge >= 0.3 is 5.97 Å². The van der Waals surface area contributed by atoms with Crippen molar-refractivity contribution in [2.24, 2.45) is 17.8 Å². The molecule has 1 saturated carbocycles. The molecule has 0 aromatic carbocycles. The van der Waals surface area contributed by atoms with Gasteiger partial charge in [0.25, 0.3) is 0 Å². The van der Waals surface area contributed by atoms with E-state index in [-0.39, 0.29) is 12.6 Å². The van der Waals surface area contributed by atoms with E-state index in [1.54, 1.807) is 0 Å². The predicted molar refractivity (Wildman–Crippen MR) is 42.3 cm³/mol. The molecule has 3 heteroatoms. The summed E-state index contributed by atoms with van der Waals surface area (Å²) in [5, 5.41) is 8.85. The van der Waals surface area contributed by atoms with Crippen LogP contribution in [0.1, 0.15) is 6.42 Å². The maximum atomic E-state index is 11.0. The van der Waals surface area contributed by atoms with Gasteiger partial charge in [-0.05, 0) is 24.2 Å². The largest absolute Gasteiger partial charge is 0.466 e. The van der Waals surface area contributed by atoms with Crippen molar-refractivity contribution in [3.05, 3.63) is 11.6 Å². The van der Waals surface area contributed by atoms with Gasteiger partial charge in [-0.15, -0.1) is 0 Å². The summed E-state index contributed by atoms with van der Waals surface area (Å²) >= 11 is 0. The molecule has 12 heavy (non-hydrogen) atoms. The number of carbonyl (C=O) groups excluding carboxylic acids is 1. The van der Waals surface area contributed by atoms with Crippen LogP contribution in [0.25, 0.3) is 0 Å². The molecule has 0 aromatic heterocycles. The summed E-state index contributed by atoms with van der Waals surface area (Å²) in [6.07, 6.45) is 2.75. The van der Waals surface area contributed by atoms with Crippen molar-refractivity contribution in [3.8, 4) is 0 Å². The first-order valence-electron chi connectivity index (χ1n) is 4.17. The molecule has 0 aliphatic heterocycles. The van der Waals surface area contributed by atoms with E-state index >= 15 is 0 Å². The summed E-state index contributed by atoms with van der Waals surface area (Å²) in [4.78, 5) is 11.0. The van der Waals surface area contributed by atoms with Crippen LogP contribution in [-0.2, 0) is 9.53 Å². The molecular formula is C9H12O3. The van der Waals surface area contributed by atoms with Gasteiger partial charge in [-0.1, -0.05) is 6.08 Å². The third-order valence-corrected chi connectivity index (χ3v) is 2.91. The molecule has 1 N–H and O–H groups in total. The first kappa shape index (κ1) is 7.80. The minimum absolute atomic E-state index is 0.209. The van der Waals surface area contributed by atoms with Crippen molar-refractivity contribution in [2.75, 3.05) is 13.7 Å². The number of carbonyl (C=O) groups is 1. The van der Waals surface area contributed by atoms with Crippen LogP contribution in [0.2, 0.25) is 0 Å². The number of methoxy groups -OCH3 is 1. The first-order chi connectivity index (χ1) is 5.77. The van der Waals surface area contributed by atoms with Gasteiger partial charge in [-0.25, -0.2) is 4.79 Å². The number of hydrogen-bond acceptors (Lipinski definition) is 3. The summed E-state index contributed by atoms with van der Waals surface area (Å²) in [6, 6.07) is 0. The molecule has 66 valence electrons. The molecule has 0 aromatic rings. The zero-order valence-electron chi connectivity index (χ0n) is 6.99. The Morgan fingerprint density at radius 3 is 3.00 bits per heavy atom. The second kappa shape index (κ2) is 2.59. The number of allylic oxidation sites excluding steroid dienone is 1. The van der Waals surface area contributed by atoms with Gasteiger partial charge in [-0.2, -0.15) is 0 Å². The fraction of sp³-hybridized carbons (Fsp3) is 0.667. The summed E-state index contributed by atoms with van der Waals surface area (Å²) in [7, 11) is 1.40. The second-order valence-corrected chi connectivity index (χ2v) is 3.48. The maximum Gasteiger partial charge on any atom is 0.333 e. The number of aliphatic hydroxyl groups excluding tert-OH is 1. The minimum Gasteiger partial charge on any atom is -0.466 e. The standard InChI is InChI=1S/C9H12O3/c1-12-9(11)5-2-6-7(3-5)8(6)4-10/h2,6-8,10H,3-4H2,1H3/t6-,7+,8-/m0/s1. The molecule has 0 amide bonds. The van der Waals surface area contributed by atoms with Crippen molar-refractivity contribution in [3.63, 3.8) is 0 Å². The van der Waals surface area contributed by atoms with Gasteiger partial charge in [0.15, 0.2) is 0 Å². The second-order valence-electron chi connectivity index (χ2n) is 3.48. The zero-order valence-corrected chi connectivity index (χ0v) is 6.99. The topological polar surface area (TPSA) is 46.5 Å². The van der Waals surface area contributed by atoms with Gasteiger partial charge in [-0.3, -0.25) is 0 Å². The Bertz CT molecular complexity index is 244. The fourth-order valence-corrected chi connectivity index (χ4v) is 2.10. The van der Waals surface area contributed by atoms with E-state index in [1.807, 2.05) is 6.08 Å². The normalized spacial score (nSPS) is 37.2. The van der Waals surface area contributed by atoms with E-state index in [2.05, 4.69) is 4.74 Å². The van der Waals surface area contributed by atoms with Crippen molar-refractivity contribution in [1.82, 2.24) is 0 Å². The van der Waals surface area contributed by atoms with E-state index in [4.69, 9.17) is 5.11 Å². The van der Waals surface area contributed by atoms with Gasteiger partial charge in [0, 0.05) is 12.2 Å². The first-order valence-corrected chi connectivity index (χ1v) is 4.17. The Labute approximate surface area is 71.0 Å². The van der Waals surface area contributed by atoms with Crippen LogP contribution in [-0.4, -0.2) is 24.8 Å². The SMILES string of the molecule is COC(=O)C1=C[C@H]2[C@@H](C1)[C@H]2CO. The average molecular weight is 168 g/mol. The highest BCUT2D eigenvalue weighted by atomic mass is 16.5. The van der Waals surface area contributed by atoms with Crippen LogP contribution in [0.15, 0.2) is 11.6 Å². The third kappa shape index (κ3) is 0.966. The van der Waals surface area contributed by atoms with E-state index in [9.17, 15) is 4.79 Å². The van der Waals surface area contributed by atoms with Crippen LogP contribution in [0.5, 0.6) is 0 Å². The summed E-state index contributed by atoms with van der Waals surface area (Å²) < 4.78 is 4.60. The van der Waals surface area contributed by atoms with Crippen molar-refractivity contribution in [2.45, 2.75) is 6.42 Å². The zero-order chi connectivity index (χ0) is 8.72. The summed E-state index contributed by atoms with van der Waals surface area (Å²) in [6.45, 7) is 0.250. The van der Waals surface area contributed by atoms with Crippen LogP contribution < -0.4 is 0 Å². The third-order valence-electron chi connectivity index (χ3n) is 2.91. The van der Waals surface area contributed by atoms with Crippen molar-refractivity contribution in [1.29, 1.82) is 0 Å². The van der Waals surface area contributed by atoms with E-state index < -0.39 is 0 Å². The Balaban J connectivity index is 1.99. The number of esters is 1. The Hall–Kier alpha value is -0.830. The van der Waals surface area contributed by atoms with E-state index in [1.165, 1.54) is 7.11 Å². The average Bonchev–Trinajstić information content (AvgIpc) is 2.56. The molecular weight excluding hydrogens is 156 g/mol. The van der Waals surface area contributed by atoms with Crippen molar-refractivity contribution < 1.29 is 14.6 Å². The lowest BCUT2D eigenvalue weighted by Gasteiger charge is -2.01. The Kier molecular flexibility index (Phi) is 1.68. The Morgan fingerprint density at radius 1 is 1.83 bits per heavy atom. The molecule has 1 fully saturated rings.